The number of H-pyrrole nitrogens is 1. The molecule has 0 saturated heterocycles. The molecule has 4 aromatic heterocycles. The molecule has 11 heteroatoms. The Morgan fingerprint density at radius 3 is 2.11 bits per heavy atom. The summed E-state index contributed by atoms with van der Waals surface area (Å²) < 4.78 is 18.4. The average molecular weight is 836 g/mol. The highest BCUT2D eigenvalue weighted by Crippen LogP contribution is 2.60. The number of aromatic nitrogens is 5. The van der Waals surface area contributed by atoms with Crippen molar-refractivity contribution in [2.24, 2.45) is 23.2 Å². The standard InChI is InChI=1S/C51H57N5O6/c1-5-7-40-32-55-49(56-40)51(22-23-51)45(62-48(59)38-19-28-54-29-20-38)14-9-33(2)42-12-13-43-35(8-6-21-50(42,43)4)10-11-39-30-41(60-46(57)36-15-24-52-25-16-36)31-44(34(39)3)61-47(58)37-17-26-53-27-18-37/h9-11,14-20,24-29,32-33,41-45H,3,5-8,12-13,21-23,30-31H2,1-2,4H3,(H,55,56)/t33-,41-,42-,43+,44+,45-,50-/m1/s1. The molecule has 0 unspecified atom stereocenters. The van der Waals surface area contributed by atoms with Gasteiger partial charge in [0, 0.05) is 61.9 Å². The number of fused-ring (bicyclic) bond motifs is 1. The van der Waals surface area contributed by atoms with Crippen LogP contribution in [0.4, 0.5) is 0 Å². The van der Waals surface area contributed by atoms with Crippen molar-refractivity contribution in [1.29, 1.82) is 0 Å². The maximum Gasteiger partial charge on any atom is 0.338 e. The van der Waals surface area contributed by atoms with Gasteiger partial charge in [-0.05, 0) is 128 Å². The topological polar surface area (TPSA) is 146 Å². The Hall–Kier alpha value is -5.97. The van der Waals surface area contributed by atoms with Gasteiger partial charge in [0.2, 0.25) is 0 Å². The van der Waals surface area contributed by atoms with Gasteiger partial charge in [0.1, 0.15) is 24.1 Å². The van der Waals surface area contributed by atoms with Crippen LogP contribution in [0.5, 0.6) is 0 Å². The first-order valence-corrected chi connectivity index (χ1v) is 22.2. The Labute approximate surface area is 364 Å². The van der Waals surface area contributed by atoms with E-state index in [0.717, 1.165) is 74.9 Å². The molecule has 0 spiro atoms. The highest BCUT2D eigenvalue weighted by molar-refractivity contribution is 5.90. The van der Waals surface area contributed by atoms with Gasteiger partial charge in [0.25, 0.3) is 0 Å². The molecule has 0 aliphatic heterocycles. The summed E-state index contributed by atoms with van der Waals surface area (Å²) in [7, 11) is 0. The van der Waals surface area contributed by atoms with Crippen LogP contribution >= 0.6 is 0 Å². The Balaban J connectivity index is 1.01. The van der Waals surface area contributed by atoms with Crippen molar-refractivity contribution in [1.82, 2.24) is 24.9 Å². The Morgan fingerprint density at radius 2 is 1.48 bits per heavy atom. The smallest absolute Gasteiger partial charge is 0.338 e. The van der Waals surface area contributed by atoms with Crippen molar-refractivity contribution in [2.75, 3.05) is 0 Å². The normalized spacial score (nSPS) is 26.5. The van der Waals surface area contributed by atoms with Crippen LogP contribution in [0.3, 0.4) is 0 Å². The fraction of sp³-hybridized carbons (Fsp3) is 0.431. The summed E-state index contributed by atoms with van der Waals surface area (Å²) in [5.74, 6) is 0.699. The molecule has 4 saturated carbocycles. The molecule has 4 aromatic rings. The highest BCUT2D eigenvalue weighted by Gasteiger charge is 2.55. The molecule has 11 nitrogen and oxygen atoms in total. The van der Waals surface area contributed by atoms with E-state index in [2.05, 4.69) is 71.6 Å². The molecule has 4 fully saturated rings. The van der Waals surface area contributed by atoms with E-state index in [1.54, 1.807) is 73.6 Å². The van der Waals surface area contributed by atoms with Gasteiger partial charge in [0.05, 0.1) is 22.1 Å². The van der Waals surface area contributed by atoms with Crippen LogP contribution in [0.2, 0.25) is 0 Å². The first-order chi connectivity index (χ1) is 30.1. The van der Waals surface area contributed by atoms with Crippen LogP contribution in [0, 0.1) is 23.2 Å². The lowest BCUT2D eigenvalue weighted by molar-refractivity contribution is 0.00210. The molecule has 0 bridgehead atoms. The number of carbonyl (C=O) groups is 3. The van der Waals surface area contributed by atoms with Gasteiger partial charge in [-0.1, -0.05) is 57.6 Å². The number of ether oxygens (including phenoxy) is 3. The number of nitrogens with zero attached hydrogens (tertiary/aromatic N) is 4. The lowest BCUT2D eigenvalue weighted by Gasteiger charge is -2.44. The molecule has 4 aliphatic rings. The minimum atomic E-state index is -0.668. The number of aromatic amines is 1. The minimum Gasteiger partial charge on any atom is -0.458 e. The van der Waals surface area contributed by atoms with Gasteiger partial charge in [-0.2, -0.15) is 0 Å². The van der Waals surface area contributed by atoms with Crippen molar-refractivity contribution in [3.8, 4) is 0 Å². The number of nitrogens with one attached hydrogen (secondary N) is 1. The molecule has 322 valence electrons. The fourth-order valence-corrected chi connectivity index (χ4v) is 10.4. The van der Waals surface area contributed by atoms with Crippen LogP contribution in [-0.4, -0.2) is 61.1 Å². The average Bonchev–Trinajstić information content (AvgIpc) is 3.82. The van der Waals surface area contributed by atoms with Gasteiger partial charge < -0.3 is 19.2 Å². The second kappa shape index (κ2) is 18.6. The predicted molar refractivity (Wildman–Crippen MR) is 235 cm³/mol. The number of pyridine rings is 3. The van der Waals surface area contributed by atoms with Crippen molar-refractivity contribution in [3.05, 3.63) is 156 Å². The van der Waals surface area contributed by atoms with Gasteiger partial charge >= 0.3 is 17.9 Å². The molecule has 62 heavy (non-hydrogen) atoms. The van der Waals surface area contributed by atoms with E-state index in [4.69, 9.17) is 19.2 Å². The zero-order valence-electron chi connectivity index (χ0n) is 36.0. The molecule has 4 heterocycles. The second-order valence-electron chi connectivity index (χ2n) is 17.9. The lowest BCUT2D eigenvalue weighted by atomic mass is 9.61. The Kier molecular flexibility index (Phi) is 12.8. The van der Waals surface area contributed by atoms with E-state index in [1.807, 2.05) is 6.20 Å². The van der Waals surface area contributed by atoms with Gasteiger partial charge in [-0.15, -0.1) is 0 Å². The van der Waals surface area contributed by atoms with Crippen molar-refractivity contribution in [3.63, 3.8) is 0 Å². The number of imidazole rings is 1. The van der Waals surface area contributed by atoms with Crippen molar-refractivity contribution >= 4 is 17.9 Å². The summed E-state index contributed by atoms with van der Waals surface area (Å²) in [6.45, 7) is 11.3. The van der Waals surface area contributed by atoms with Gasteiger partial charge in [-0.25, -0.2) is 19.4 Å². The number of hydrogen-bond acceptors (Lipinski definition) is 10. The highest BCUT2D eigenvalue weighted by atomic mass is 16.6. The third-order valence-electron chi connectivity index (χ3n) is 13.9. The van der Waals surface area contributed by atoms with Gasteiger partial charge in [-0.3, -0.25) is 15.0 Å². The quantitative estimate of drug-likeness (QED) is 0.0740. The monoisotopic (exact) mass is 835 g/mol. The summed E-state index contributed by atoms with van der Waals surface area (Å²) in [4.78, 5) is 60.4. The molecule has 1 N–H and O–H groups in total. The molecule has 4 aliphatic carbocycles. The predicted octanol–water partition coefficient (Wildman–Crippen LogP) is 9.87. The third-order valence-corrected chi connectivity index (χ3v) is 13.9. The number of esters is 3. The number of allylic oxidation sites excluding steroid dienone is 4. The SMILES string of the molecule is C=C1C(=CC=C2CCC[C@]3(C)[C@@H]([C@H](C)C=C[C@@H](OC(=O)c4ccncc4)C4(c5ncc(CCC)[nH]5)CC4)CC[C@@H]23)C[C@@H](OC(=O)c2ccncc2)C[C@@H]1OC(=O)c1ccncc1. The van der Waals surface area contributed by atoms with E-state index in [0.29, 0.717) is 46.9 Å². The largest absolute Gasteiger partial charge is 0.458 e. The minimum absolute atomic E-state index is 0.0810. The number of aryl methyl sites for hydroxylation is 1. The Morgan fingerprint density at radius 1 is 0.855 bits per heavy atom. The van der Waals surface area contributed by atoms with Gasteiger partial charge in [0.15, 0.2) is 0 Å². The number of carbonyl (C=O) groups excluding carboxylic acids is 3. The molecule has 0 amide bonds. The molecular weight excluding hydrogens is 779 g/mol. The molecule has 0 aromatic carbocycles. The zero-order valence-corrected chi connectivity index (χ0v) is 36.0. The fourth-order valence-electron chi connectivity index (χ4n) is 10.4. The van der Waals surface area contributed by atoms with Crippen LogP contribution in [0.15, 0.2) is 127 Å². The first kappa shape index (κ1) is 42.7. The summed E-state index contributed by atoms with van der Waals surface area (Å²) in [6.07, 6.45) is 28.5. The summed E-state index contributed by atoms with van der Waals surface area (Å²) in [5.41, 5.74) is 5.13. The van der Waals surface area contributed by atoms with Crippen LogP contribution in [-0.2, 0) is 26.0 Å². The summed E-state index contributed by atoms with van der Waals surface area (Å²) >= 11 is 0. The first-order valence-electron chi connectivity index (χ1n) is 22.2. The maximum atomic E-state index is 13.5. The van der Waals surface area contributed by atoms with Crippen LogP contribution < -0.4 is 0 Å². The van der Waals surface area contributed by atoms with Crippen LogP contribution in [0.1, 0.15) is 128 Å². The van der Waals surface area contributed by atoms with E-state index in [-0.39, 0.29) is 22.7 Å². The van der Waals surface area contributed by atoms with Crippen LogP contribution in [0.25, 0.3) is 0 Å². The molecule has 0 radical (unpaired) electrons. The molecule has 7 atom stereocenters. The number of rotatable bonds is 14. The molecule has 8 rings (SSSR count). The van der Waals surface area contributed by atoms with Crippen molar-refractivity contribution in [2.45, 2.75) is 115 Å². The zero-order chi connectivity index (χ0) is 43.3. The maximum absolute atomic E-state index is 13.5. The third kappa shape index (κ3) is 9.13. The second-order valence-corrected chi connectivity index (χ2v) is 17.9. The molecular formula is C51H57N5O6. The van der Waals surface area contributed by atoms with E-state index in [9.17, 15) is 14.4 Å². The van der Waals surface area contributed by atoms with E-state index < -0.39 is 30.3 Å². The Bertz CT molecular complexity index is 2330. The van der Waals surface area contributed by atoms with E-state index in [1.165, 1.54) is 5.57 Å². The summed E-state index contributed by atoms with van der Waals surface area (Å²) in [6, 6.07) is 9.88. The number of hydrogen-bond donors (Lipinski definition) is 1. The lowest BCUT2D eigenvalue weighted by Crippen LogP contribution is -2.36. The van der Waals surface area contributed by atoms with E-state index >= 15 is 0 Å². The summed E-state index contributed by atoms with van der Waals surface area (Å²) in [5, 5.41) is 0. The van der Waals surface area contributed by atoms with Crippen molar-refractivity contribution < 1.29 is 28.6 Å².